The van der Waals surface area contributed by atoms with Crippen LogP contribution in [-0.2, 0) is 11.3 Å². The van der Waals surface area contributed by atoms with Gasteiger partial charge in [-0.2, -0.15) is 0 Å². The summed E-state index contributed by atoms with van der Waals surface area (Å²) >= 11 is 0. The number of rotatable bonds is 6. The molecule has 0 aromatic carbocycles. The number of nitrogens with zero attached hydrogens (tertiary/aromatic N) is 4. The van der Waals surface area contributed by atoms with Gasteiger partial charge in [-0.3, -0.25) is 9.69 Å². The van der Waals surface area contributed by atoms with Gasteiger partial charge in [-0.25, -0.2) is 9.97 Å². The third-order valence-electron chi connectivity index (χ3n) is 5.42. The summed E-state index contributed by atoms with van der Waals surface area (Å²) in [6.45, 7) is 2.52. The minimum atomic E-state index is -0.0126. The van der Waals surface area contributed by atoms with E-state index in [4.69, 9.17) is 0 Å². The van der Waals surface area contributed by atoms with Gasteiger partial charge in [-0.15, -0.1) is 0 Å². The van der Waals surface area contributed by atoms with E-state index >= 15 is 0 Å². The molecular formula is C19H31N5O. The molecule has 0 unspecified atom stereocenters. The number of nitrogens with one attached hydrogen (secondary N) is 1. The normalized spacial score (nSPS) is 22.1. The van der Waals surface area contributed by atoms with Crippen molar-refractivity contribution < 1.29 is 4.79 Å². The summed E-state index contributed by atoms with van der Waals surface area (Å²) in [5, 5.41) is 3.22. The molecule has 1 saturated carbocycles. The van der Waals surface area contributed by atoms with Gasteiger partial charge >= 0.3 is 0 Å². The van der Waals surface area contributed by atoms with Crippen LogP contribution in [0.25, 0.3) is 0 Å². The zero-order valence-corrected chi connectivity index (χ0v) is 15.6. The fraction of sp³-hybridized carbons (Fsp3) is 0.737. The van der Waals surface area contributed by atoms with Crippen molar-refractivity contribution in [3.05, 3.63) is 18.0 Å². The molecule has 1 N–H and O–H groups in total. The Kier molecular flexibility index (Phi) is 6.24. The SMILES string of the molecule is CN(C)c1nccc(CN2CCC[C@@H]2C(=O)NCC2CCCCC2)n1. The largest absolute Gasteiger partial charge is 0.354 e. The zero-order chi connectivity index (χ0) is 17.6. The maximum Gasteiger partial charge on any atom is 0.237 e. The van der Waals surface area contributed by atoms with Crippen LogP contribution in [0.15, 0.2) is 12.3 Å². The third kappa shape index (κ3) is 4.91. The summed E-state index contributed by atoms with van der Waals surface area (Å²) in [4.78, 5) is 25.7. The number of likely N-dealkylation sites (tertiary alicyclic amines) is 1. The summed E-state index contributed by atoms with van der Waals surface area (Å²) in [5.74, 6) is 1.59. The average molecular weight is 345 g/mol. The van der Waals surface area contributed by atoms with Crippen molar-refractivity contribution in [2.75, 3.05) is 32.1 Å². The molecule has 6 heteroatoms. The van der Waals surface area contributed by atoms with Gasteiger partial charge in [0.2, 0.25) is 11.9 Å². The van der Waals surface area contributed by atoms with Gasteiger partial charge in [-0.1, -0.05) is 19.3 Å². The molecular weight excluding hydrogens is 314 g/mol. The first-order valence-electron chi connectivity index (χ1n) is 9.64. The summed E-state index contributed by atoms with van der Waals surface area (Å²) < 4.78 is 0. The lowest BCUT2D eigenvalue weighted by atomic mass is 9.89. The second kappa shape index (κ2) is 8.61. The highest BCUT2D eigenvalue weighted by Crippen LogP contribution is 2.24. The molecule has 25 heavy (non-hydrogen) atoms. The van der Waals surface area contributed by atoms with E-state index in [1.54, 1.807) is 6.20 Å². The van der Waals surface area contributed by atoms with E-state index in [1.165, 1.54) is 32.1 Å². The van der Waals surface area contributed by atoms with Crippen LogP contribution < -0.4 is 10.2 Å². The molecule has 0 spiro atoms. The molecule has 138 valence electrons. The quantitative estimate of drug-likeness (QED) is 0.856. The molecule has 1 aliphatic carbocycles. The van der Waals surface area contributed by atoms with Crippen molar-refractivity contribution in [3.63, 3.8) is 0 Å². The van der Waals surface area contributed by atoms with E-state index < -0.39 is 0 Å². The van der Waals surface area contributed by atoms with Crippen molar-refractivity contribution >= 4 is 11.9 Å². The lowest BCUT2D eigenvalue weighted by Gasteiger charge is -2.26. The van der Waals surface area contributed by atoms with Crippen LogP contribution in [-0.4, -0.2) is 54.0 Å². The van der Waals surface area contributed by atoms with Crippen LogP contribution >= 0.6 is 0 Å². The second-order valence-electron chi connectivity index (χ2n) is 7.62. The van der Waals surface area contributed by atoms with Crippen molar-refractivity contribution in [2.45, 2.75) is 57.5 Å². The van der Waals surface area contributed by atoms with Gasteiger partial charge < -0.3 is 10.2 Å². The van der Waals surface area contributed by atoms with Crippen molar-refractivity contribution in [1.29, 1.82) is 0 Å². The van der Waals surface area contributed by atoms with Crippen molar-refractivity contribution in [1.82, 2.24) is 20.2 Å². The highest BCUT2D eigenvalue weighted by molar-refractivity contribution is 5.82. The van der Waals surface area contributed by atoms with Crippen LogP contribution in [0.3, 0.4) is 0 Å². The number of carbonyl (C=O) groups excluding carboxylic acids is 1. The summed E-state index contributed by atoms with van der Waals surface area (Å²) in [6, 6.07) is 1.93. The van der Waals surface area contributed by atoms with Crippen LogP contribution in [0.2, 0.25) is 0 Å². The number of amides is 1. The molecule has 1 atom stereocenters. The zero-order valence-electron chi connectivity index (χ0n) is 15.6. The van der Waals surface area contributed by atoms with Crippen molar-refractivity contribution in [2.24, 2.45) is 5.92 Å². The maximum atomic E-state index is 12.7. The van der Waals surface area contributed by atoms with E-state index in [0.717, 1.165) is 37.6 Å². The Morgan fingerprint density at radius 1 is 1.24 bits per heavy atom. The predicted molar refractivity (Wildman–Crippen MR) is 99.4 cm³/mol. The third-order valence-corrected chi connectivity index (χ3v) is 5.42. The topological polar surface area (TPSA) is 61.4 Å². The van der Waals surface area contributed by atoms with Gasteiger partial charge in [0.15, 0.2) is 0 Å². The highest BCUT2D eigenvalue weighted by Gasteiger charge is 2.31. The Bertz CT molecular complexity index is 571. The molecule has 2 aliphatic rings. The Hall–Kier alpha value is -1.69. The van der Waals surface area contributed by atoms with Crippen LogP contribution in [0, 0.1) is 5.92 Å². The minimum Gasteiger partial charge on any atom is -0.354 e. The lowest BCUT2D eigenvalue weighted by Crippen LogP contribution is -2.44. The van der Waals surface area contributed by atoms with Gasteiger partial charge in [0, 0.05) is 33.4 Å². The average Bonchev–Trinajstić information content (AvgIpc) is 3.09. The minimum absolute atomic E-state index is 0.0126. The van der Waals surface area contributed by atoms with Gasteiger partial charge in [-0.05, 0) is 44.2 Å². The number of aromatic nitrogens is 2. The Balaban J connectivity index is 1.54. The first kappa shape index (κ1) is 18.1. The number of carbonyl (C=O) groups is 1. The monoisotopic (exact) mass is 345 g/mol. The fourth-order valence-electron chi connectivity index (χ4n) is 3.96. The molecule has 0 radical (unpaired) electrons. The van der Waals surface area contributed by atoms with Crippen LogP contribution in [0.1, 0.15) is 50.6 Å². The van der Waals surface area contributed by atoms with Crippen LogP contribution in [0.5, 0.6) is 0 Å². The summed E-state index contributed by atoms with van der Waals surface area (Å²) in [6.07, 6.45) is 10.3. The highest BCUT2D eigenvalue weighted by atomic mass is 16.2. The van der Waals surface area contributed by atoms with E-state index in [-0.39, 0.29) is 11.9 Å². The molecule has 2 heterocycles. The molecule has 1 aliphatic heterocycles. The molecule has 1 aromatic heterocycles. The maximum absolute atomic E-state index is 12.7. The molecule has 1 saturated heterocycles. The Morgan fingerprint density at radius 3 is 2.80 bits per heavy atom. The van der Waals surface area contributed by atoms with Crippen LogP contribution in [0.4, 0.5) is 5.95 Å². The van der Waals surface area contributed by atoms with Gasteiger partial charge in [0.05, 0.1) is 11.7 Å². The number of hydrogen-bond donors (Lipinski definition) is 1. The number of hydrogen-bond acceptors (Lipinski definition) is 5. The first-order valence-corrected chi connectivity index (χ1v) is 9.64. The molecule has 2 fully saturated rings. The van der Waals surface area contributed by atoms with E-state index in [0.29, 0.717) is 12.5 Å². The number of anilines is 1. The fourth-order valence-corrected chi connectivity index (χ4v) is 3.96. The van der Waals surface area contributed by atoms with Gasteiger partial charge in [0.1, 0.15) is 0 Å². The lowest BCUT2D eigenvalue weighted by molar-refractivity contribution is -0.125. The molecule has 6 nitrogen and oxygen atoms in total. The second-order valence-corrected chi connectivity index (χ2v) is 7.62. The van der Waals surface area contributed by atoms with E-state index in [9.17, 15) is 4.79 Å². The van der Waals surface area contributed by atoms with E-state index in [1.807, 2.05) is 25.1 Å². The van der Waals surface area contributed by atoms with E-state index in [2.05, 4.69) is 20.2 Å². The molecule has 1 amide bonds. The van der Waals surface area contributed by atoms with Gasteiger partial charge in [0.25, 0.3) is 0 Å². The summed E-state index contributed by atoms with van der Waals surface area (Å²) in [7, 11) is 3.88. The first-order chi connectivity index (χ1) is 12.1. The smallest absolute Gasteiger partial charge is 0.237 e. The molecule has 3 rings (SSSR count). The summed E-state index contributed by atoms with van der Waals surface area (Å²) in [5.41, 5.74) is 0.977. The molecule has 0 bridgehead atoms. The standard InChI is InChI=1S/C19H31N5O/c1-23(2)19-20-11-10-16(22-19)14-24-12-6-9-17(24)18(25)21-13-15-7-4-3-5-8-15/h10-11,15,17H,3-9,12-14H2,1-2H3,(H,21,25)/t17-/m1/s1. The Morgan fingerprint density at radius 2 is 2.04 bits per heavy atom. The van der Waals surface area contributed by atoms with Crippen molar-refractivity contribution in [3.8, 4) is 0 Å². The Labute approximate surface area is 151 Å². The molecule has 1 aromatic rings. The predicted octanol–water partition coefficient (Wildman–Crippen LogP) is 2.20.